The summed E-state index contributed by atoms with van der Waals surface area (Å²) in [7, 11) is 0. The summed E-state index contributed by atoms with van der Waals surface area (Å²) >= 11 is 5.10. The summed E-state index contributed by atoms with van der Waals surface area (Å²) in [4.78, 5) is 12.5. The molecule has 3 aromatic rings. The fourth-order valence-electron chi connectivity index (χ4n) is 3.57. The molecule has 0 aliphatic heterocycles. The van der Waals surface area contributed by atoms with Crippen molar-refractivity contribution in [3.8, 4) is 11.1 Å². The maximum atomic E-state index is 13.2. The molecule has 0 unspecified atom stereocenters. The summed E-state index contributed by atoms with van der Waals surface area (Å²) in [5, 5.41) is 3.84. The molecule has 0 bridgehead atoms. The van der Waals surface area contributed by atoms with E-state index >= 15 is 0 Å². The van der Waals surface area contributed by atoms with E-state index in [1.165, 1.54) is 0 Å². The molecule has 31 heavy (non-hydrogen) atoms. The Kier molecular flexibility index (Phi) is 7.74. The second kappa shape index (κ2) is 10.5. The molecule has 1 aromatic heterocycles. The van der Waals surface area contributed by atoms with Gasteiger partial charge < -0.3 is 15.6 Å². The zero-order valence-corrected chi connectivity index (χ0v) is 18.4. The van der Waals surface area contributed by atoms with Crippen molar-refractivity contribution in [3.63, 3.8) is 0 Å². The highest BCUT2D eigenvalue weighted by molar-refractivity contribution is 7.80. The van der Waals surface area contributed by atoms with E-state index in [4.69, 9.17) is 18.0 Å². The van der Waals surface area contributed by atoms with Gasteiger partial charge in [-0.2, -0.15) is 0 Å². The highest BCUT2D eigenvalue weighted by Gasteiger charge is 2.16. The van der Waals surface area contributed by atoms with Crippen molar-refractivity contribution in [2.75, 3.05) is 18.7 Å². The lowest BCUT2D eigenvalue weighted by Gasteiger charge is -2.12. The van der Waals surface area contributed by atoms with Crippen LogP contribution in [-0.4, -0.2) is 28.8 Å². The topological polar surface area (TPSA) is 60.1 Å². The van der Waals surface area contributed by atoms with Gasteiger partial charge in [-0.05, 0) is 30.2 Å². The van der Waals surface area contributed by atoms with Crippen molar-refractivity contribution < 1.29 is 13.6 Å². The lowest BCUT2D eigenvalue weighted by atomic mass is 10.0. The molecule has 4 nitrogen and oxygen atoms in total. The van der Waals surface area contributed by atoms with Crippen LogP contribution in [-0.2, 0) is 11.3 Å². The number of benzene rings is 2. The van der Waals surface area contributed by atoms with Crippen LogP contribution in [0.4, 0.5) is 14.5 Å². The fourth-order valence-corrected chi connectivity index (χ4v) is 3.70. The fraction of sp³-hybridized carbons (Fsp3) is 0.333. The van der Waals surface area contributed by atoms with Crippen LogP contribution in [0.25, 0.3) is 22.0 Å². The molecule has 1 heterocycles. The quantitative estimate of drug-likeness (QED) is 0.400. The minimum Gasteiger partial charge on any atom is -0.389 e. The van der Waals surface area contributed by atoms with Crippen LogP contribution in [0.3, 0.4) is 0 Å². The van der Waals surface area contributed by atoms with E-state index in [-0.39, 0.29) is 12.5 Å². The standard InChI is InChI=1S/C24H27F2N3OS/c1-2-3-7-23(30)28-19-8-9-20-21(17-5-4-6-18(10-17)24(27)31)15-29(22(20)11-19)14-16(12-25)13-26/h4-6,8-11,15-16H,2-3,7,12-14H2,1H3,(H2,27,31)(H,28,30). The number of nitrogens with one attached hydrogen (secondary N) is 1. The molecular weight excluding hydrogens is 416 g/mol. The highest BCUT2D eigenvalue weighted by atomic mass is 32.1. The zero-order chi connectivity index (χ0) is 22.4. The number of alkyl halides is 2. The minimum atomic E-state index is -0.740. The Morgan fingerprint density at radius 3 is 2.65 bits per heavy atom. The van der Waals surface area contributed by atoms with Crippen LogP contribution in [0, 0.1) is 5.92 Å². The Balaban J connectivity index is 2.06. The van der Waals surface area contributed by atoms with Crippen LogP contribution < -0.4 is 11.1 Å². The second-order valence-corrected chi connectivity index (χ2v) is 8.14. The first-order valence-electron chi connectivity index (χ1n) is 10.4. The lowest BCUT2D eigenvalue weighted by molar-refractivity contribution is -0.116. The van der Waals surface area contributed by atoms with Crippen molar-refractivity contribution in [3.05, 3.63) is 54.2 Å². The van der Waals surface area contributed by atoms with Crippen molar-refractivity contribution in [2.45, 2.75) is 32.7 Å². The number of aromatic nitrogens is 1. The van der Waals surface area contributed by atoms with E-state index in [1.54, 1.807) is 0 Å². The molecule has 0 aliphatic carbocycles. The summed E-state index contributed by atoms with van der Waals surface area (Å²) in [5.74, 6) is -0.775. The predicted octanol–water partition coefficient (Wildman–Crippen LogP) is 5.63. The van der Waals surface area contributed by atoms with Gasteiger partial charge >= 0.3 is 0 Å². The van der Waals surface area contributed by atoms with Gasteiger partial charge in [0.1, 0.15) is 4.99 Å². The summed E-state index contributed by atoms with van der Waals surface area (Å²) in [6.45, 7) is 0.754. The minimum absolute atomic E-state index is 0.0471. The van der Waals surface area contributed by atoms with Crippen molar-refractivity contribution in [1.29, 1.82) is 0 Å². The SMILES string of the molecule is CCCCC(=O)Nc1ccc2c(-c3cccc(C(N)=S)c3)cn(CC(CF)CF)c2c1. The Bertz CT molecular complexity index is 1080. The van der Waals surface area contributed by atoms with E-state index in [1.807, 2.05) is 60.2 Å². The van der Waals surface area contributed by atoms with E-state index in [9.17, 15) is 13.6 Å². The van der Waals surface area contributed by atoms with Crippen LogP contribution >= 0.6 is 12.2 Å². The number of rotatable bonds is 10. The molecule has 0 saturated heterocycles. The Morgan fingerprint density at radius 1 is 1.19 bits per heavy atom. The molecule has 2 aromatic carbocycles. The lowest BCUT2D eigenvalue weighted by Crippen LogP contribution is -2.14. The number of fused-ring (bicyclic) bond motifs is 1. The van der Waals surface area contributed by atoms with Gasteiger partial charge in [0.2, 0.25) is 5.91 Å². The van der Waals surface area contributed by atoms with Gasteiger partial charge in [-0.3, -0.25) is 13.6 Å². The number of carbonyl (C=O) groups excluding carboxylic acids is 1. The maximum absolute atomic E-state index is 13.2. The third kappa shape index (κ3) is 5.47. The molecular formula is C24H27F2N3OS. The van der Waals surface area contributed by atoms with Gasteiger partial charge in [-0.25, -0.2) is 0 Å². The number of halogens is 2. The van der Waals surface area contributed by atoms with Crippen LogP contribution in [0.1, 0.15) is 31.7 Å². The van der Waals surface area contributed by atoms with Gasteiger partial charge in [0.15, 0.2) is 0 Å². The number of thiocarbonyl (C=S) groups is 1. The highest BCUT2D eigenvalue weighted by Crippen LogP contribution is 2.33. The number of nitrogens with zero attached hydrogens (tertiary/aromatic N) is 1. The third-order valence-electron chi connectivity index (χ3n) is 5.27. The summed E-state index contributed by atoms with van der Waals surface area (Å²) < 4.78 is 28.3. The first-order chi connectivity index (χ1) is 15.0. The van der Waals surface area contributed by atoms with E-state index in [2.05, 4.69) is 5.32 Å². The maximum Gasteiger partial charge on any atom is 0.224 e. The third-order valence-corrected chi connectivity index (χ3v) is 5.51. The average molecular weight is 444 g/mol. The summed E-state index contributed by atoms with van der Waals surface area (Å²) in [5.41, 5.74) is 9.81. The van der Waals surface area contributed by atoms with E-state index < -0.39 is 19.3 Å². The molecule has 3 N–H and O–H groups in total. The zero-order valence-electron chi connectivity index (χ0n) is 17.5. The largest absolute Gasteiger partial charge is 0.389 e. The Hall–Kier alpha value is -2.80. The number of carbonyl (C=O) groups is 1. The molecule has 0 atom stereocenters. The Labute approximate surface area is 186 Å². The molecule has 7 heteroatoms. The normalized spacial score (nSPS) is 11.2. The summed E-state index contributed by atoms with van der Waals surface area (Å²) in [6, 6.07) is 13.2. The number of amides is 1. The van der Waals surface area contributed by atoms with Crippen LogP contribution in [0.2, 0.25) is 0 Å². The van der Waals surface area contributed by atoms with Gasteiger partial charge in [0.25, 0.3) is 0 Å². The van der Waals surface area contributed by atoms with Gasteiger partial charge in [0, 0.05) is 47.3 Å². The predicted molar refractivity (Wildman–Crippen MR) is 127 cm³/mol. The molecule has 0 radical (unpaired) electrons. The number of hydrogen-bond acceptors (Lipinski definition) is 2. The number of anilines is 1. The van der Waals surface area contributed by atoms with Gasteiger partial charge in [-0.15, -0.1) is 0 Å². The van der Waals surface area contributed by atoms with Crippen LogP contribution in [0.5, 0.6) is 0 Å². The van der Waals surface area contributed by atoms with Gasteiger partial charge in [0.05, 0.1) is 18.9 Å². The molecule has 0 spiro atoms. The first-order valence-corrected chi connectivity index (χ1v) is 10.8. The molecule has 0 aliphatic rings. The monoisotopic (exact) mass is 443 g/mol. The number of nitrogens with two attached hydrogens (primary N) is 1. The molecule has 164 valence electrons. The Morgan fingerprint density at radius 2 is 1.97 bits per heavy atom. The van der Waals surface area contributed by atoms with Crippen LogP contribution in [0.15, 0.2) is 48.7 Å². The first kappa shape index (κ1) is 22.9. The molecule has 0 fully saturated rings. The number of hydrogen-bond donors (Lipinski definition) is 2. The van der Waals surface area contributed by atoms with Gasteiger partial charge in [-0.1, -0.05) is 49.8 Å². The van der Waals surface area contributed by atoms with E-state index in [0.29, 0.717) is 17.1 Å². The molecule has 0 saturated carbocycles. The smallest absolute Gasteiger partial charge is 0.224 e. The van der Waals surface area contributed by atoms with Crippen molar-refractivity contribution in [2.24, 2.45) is 11.7 Å². The molecule has 3 rings (SSSR count). The summed E-state index contributed by atoms with van der Waals surface area (Å²) in [6.07, 6.45) is 4.11. The van der Waals surface area contributed by atoms with Crippen molar-refractivity contribution >= 4 is 39.7 Å². The molecule has 1 amide bonds. The van der Waals surface area contributed by atoms with Crippen molar-refractivity contribution in [1.82, 2.24) is 4.57 Å². The average Bonchev–Trinajstić information content (AvgIpc) is 3.13. The number of unbranched alkanes of at least 4 members (excludes halogenated alkanes) is 1. The van der Waals surface area contributed by atoms with E-state index in [0.717, 1.165) is 40.4 Å². The second-order valence-electron chi connectivity index (χ2n) is 7.70.